The zero-order chi connectivity index (χ0) is 13.8. The zero-order valence-electron chi connectivity index (χ0n) is 10.3. The van der Waals surface area contributed by atoms with Crippen molar-refractivity contribution in [2.24, 2.45) is 0 Å². The largest absolute Gasteiger partial charge is 0.366 e. The molecule has 1 unspecified atom stereocenters. The highest BCUT2D eigenvalue weighted by molar-refractivity contribution is 9.10. The molecule has 0 saturated carbocycles. The Morgan fingerprint density at radius 2 is 2.05 bits per heavy atom. The Morgan fingerprint density at radius 1 is 1.26 bits per heavy atom. The molecule has 0 radical (unpaired) electrons. The molecule has 2 rings (SSSR count). The Kier molecular flexibility index (Phi) is 4.47. The van der Waals surface area contributed by atoms with Crippen LogP contribution in [0.15, 0.2) is 46.9 Å². The van der Waals surface area contributed by atoms with Crippen molar-refractivity contribution in [3.05, 3.63) is 63.1 Å². The molecule has 4 heteroatoms. The van der Waals surface area contributed by atoms with Crippen LogP contribution in [0.1, 0.15) is 17.2 Å². The van der Waals surface area contributed by atoms with Gasteiger partial charge in [-0.2, -0.15) is 5.26 Å². The number of aryl methyl sites for hydroxylation is 1. The zero-order valence-corrected chi connectivity index (χ0v) is 12.7. The van der Waals surface area contributed by atoms with E-state index in [0.717, 1.165) is 21.3 Å². The van der Waals surface area contributed by atoms with Crippen LogP contribution in [0, 0.1) is 18.3 Å². The molecule has 0 bridgehead atoms. The standard InChI is InChI=1S/C15H12BrClN2/c1-10-3-2-4-12(7-10)19-15(9-18)13-8-11(16)5-6-14(13)17/h2-8,15,19H,1H3. The minimum absolute atomic E-state index is 0.480. The molecule has 0 fully saturated rings. The number of anilines is 1. The van der Waals surface area contributed by atoms with Crippen LogP contribution in [0.4, 0.5) is 5.69 Å². The fourth-order valence-electron chi connectivity index (χ4n) is 1.82. The average molecular weight is 336 g/mol. The first-order valence-corrected chi connectivity index (χ1v) is 6.95. The van der Waals surface area contributed by atoms with Gasteiger partial charge in [0.15, 0.2) is 0 Å². The predicted octanol–water partition coefficient (Wildman–Crippen LogP) is 5.09. The van der Waals surface area contributed by atoms with Crippen molar-refractivity contribution in [3.63, 3.8) is 0 Å². The molecule has 1 N–H and O–H groups in total. The maximum atomic E-state index is 9.34. The van der Waals surface area contributed by atoms with E-state index in [4.69, 9.17) is 11.6 Å². The molecule has 2 aromatic rings. The van der Waals surface area contributed by atoms with Crippen LogP contribution >= 0.6 is 27.5 Å². The highest BCUT2D eigenvalue weighted by atomic mass is 79.9. The van der Waals surface area contributed by atoms with Crippen LogP contribution in [0.25, 0.3) is 0 Å². The van der Waals surface area contributed by atoms with Gasteiger partial charge in [0.25, 0.3) is 0 Å². The van der Waals surface area contributed by atoms with Crippen LogP contribution < -0.4 is 5.32 Å². The predicted molar refractivity (Wildman–Crippen MR) is 82.3 cm³/mol. The molecule has 0 amide bonds. The Morgan fingerprint density at radius 3 is 2.74 bits per heavy atom. The van der Waals surface area contributed by atoms with Gasteiger partial charge in [-0.15, -0.1) is 0 Å². The summed E-state index contributed by atoms with van der Waals surface area (Å²) in [5, 5.41) is 13.1. The Hall–Kier alpha value is -1.50. The molecule has 0 aromatic heterocycles. The van der Waals surface area contributed by atoms with Crippen molar-refractivity contribution >= 4 is 33.2 Å². The molecular formula is C15H12BrClN2. The molecule has 1 atom stereocenters. The Bertz CT molecular complexity index is 634. The number of hydrogen-bond donors (Lipinski definition) is 1. The maximum Gasteiger partial charge on any atom is 0.141 e. The van der Waals surface area contributed by atoms with E-state index in [-0.39, 0.29) is 0 Å². The van der Waals surface area contributed by atoms with Gasteiger partial charge in [-0.05, 0) is 42.8 Å². The van der Waals surface area contributed by atoms with Gasteiger partial charge in [-0.3, -0.25) is 0 Å². The van der Waals surface area contributed by atoms with Crippen molar-refractivity contribution in [2.45, 2.75) is 13.0 Å². The summed E-state index contributed by atoms with van der Waals surface area (Å²) in [6.07, 6.45) is 0. The van der Waals surface area contributed by atoms with Crippen molar-refractivity contribution < 1.29 is 0 Å². The lowest BCUT2D eigenvalue weighted by molar-refractivity contribution is 0.995. The number of hydrogen-bond acceptors (Lipinski definition) is 2. The van der Waals surface area contributed by atoms with E-state index >= 15 is 0 Å². The normalized spacial score (nSPS) is 11.7. The number of nitrogens with one attached hydrogen (secondary N) is 1. The van der Waals surface area contributed by atoms with Crippen LogP contribution in [0.5, 0.6) is 0 Å². The first kappa shape index (κ1) is 13.9. The minimum atomic E-state index is -0.480. The number of nitrogens with zero attached hydrogens (tertiary/aromatic N) is 1. The summed E-state index contributed by atoms with van der Waals surface area (Å²) in [5.41, 5.74) is 2.81. The lowest BCUT2D eigenvalue weighted by Gasteiger charge is -2.15. The number of benzene rings is 2. The van der Waals surface area contributed by atoms with Crippen LogP contribution in [-0.4, -0.2) is 0 Å². The summed E-state index contributed by atoms with van der Waals surface area (Å²) in [6, 6.07) is 15.1. The second-order valence-corrected chi connectivity index (χ2v) is 5.56. The first-order chi connectivity index (χ1) is 9.10. The highest BCUT2D eigenvalue weighted by Gasteiger charge is 2.14. The van der Waals surface area contributed by atoms with Gasteiger partial charge in [0.05, 0.1) is 6.07 Å². The van der Waals surface area contributed by atoms with Crippen LogP contribution in [0.2, 0.25) is 5.02 Å². The molecule has 0 aliphatic rings. The average Bonchev–Trinajstić information content (AvgIpc) is 2.39. The summed E-state index contributed by atoms with van der Waals surface area (Å²) in [7, 11) is 0. The van der Waals surface area contributed by atoms with Crippen molar-refractivity contribution in [2.75, 3.05) is 5.32 Å². The fourth-order valence-corrected chi connectivity index (χ4v) is 2.42. The first-order valence-electron chi connectivity index (χ1n) is 5.78. The third-order valence-electron chi connectivity index (χ3n) is 2.73. The molecule has 96 valence electrons. The van der Waals surface area contributed by atoms with Gasteiger partial charge in [0.1, 0.15) is 6.04 Å². The van der Waals surface area contributed by atoms with Gasteiger partial charge < -0.3 is 5.32 Å². The quantitative estimate of drug-likeness (QED) is 0.848. The fraction of sp³-hybridized carbons (Fsp3) is 0.133. The van der Waals surface area contributed by atoms with Crippen molar-refractivity contribution in [1.82, 2.24) is 0 Å². The van der Waals surface area contributed by atoms with Gasteiger partial charge in [-0.1, -0.05) is 39.7 Å². The molecule has 0 aliphatic carbocycles. The molecule has 2 aromatic carbocycles. The topological polar surface area (TPSA) is 35.8 Å². The SMILES string of the molecule is Cc1cccc(NC(C#N)c2cc(Br)ccc2Cl)c1. The van der Waals surface area contributed by atoms with E-state index in [9.17, 15) is 5.26 Å². The van der Waals surface area contributed by atoms with E-state index < -0.39 is 6.04 Å². The van der Waals surface area contributed by atoms with Crippen LogP contribution in [0.3, 0.4) is 0 Å². The van der Waals surface area contributed by atoms with Crippen molar-refractivity contribution in [1.29, 1.82) is 5.26 Å². The smallest absolute Gasteiger partial charge is 0.141 e. The number of rotatable bonds is 3. The second-order valence-electron chi connectivity index (χ2n) is 4.24. The van der Waals surface area contributed by atoms with Crippen LogP contribution in [-0.2, 0) is 0 Å². The summed E-state index contributed by atoms with van der Waals surface area (Å²) >= 11 is 9.55. The summed E-state index contributed by atoms with van der Waals surface area (Å²) in [6.45, 7) is 2.01. The maximum absolute atomic E-state index is 9.34. The summed E-state index contributed by atoms with van der Waals surface area (Å²) < 4.78 is 0.901. The molecule has 0 heterocycles. The Balaban J connectivity index is 2.31. The summed E-state index contributed by atoms with van der Waals surface area (Å²) in [4.78, 5) is 0. The van der Waals surface area contributed by atoms with E-state index in [1.807, 2.05) is 43.3 Å². The van der Waals surface area contributed by atoms with E-state index in [0.29, 0.717) is 5.02 Å². The molecular weight excluding hydrogens is 324 g/mol. The van der Waals surface area contributed by atoms with E-state index in [1.54, 1.807) is 6.07 Å². The van der Waals surface area contributed by atoms with Crippen molar-refractivity contribution in [3.8, 4) is 6.07 Å². The third-order valence-corrected chi connectivity index (χ3v) is 3.56. The number of halogens is 2. The Labute approximate surface area is 126 Å². The molecule has 2 nitrogen and oxygen atoms in total. The molecule has 0 saturated heterocycles. The molecule has 0 aliphatic heterocycles. The molecule has 19 heavy (non-hydrogen) atoms. The molecule has 0 spiro atoms. The monoisotopic (exact) mass is 334 g/mol. The van der Waals surface area contributed by atoms with E-state index in [2.05, 4.69) is 27.3 Å². The van der Waals surface area contributed by atoms with Gasteiger partial charge in [-0.25, -0.2) is 0 Å². The highest BCUT2D eigenvalue weighted by Crippen LogP contribution is 2.28. The lowest BCUT2D eigenvalue weighted by atomic mass is 10.1. The van der Waals surface area contributed by atoms with E-state index in [1.165, 1.54) is 0 Å². The lowest BCUT2D eigenvalue weighted by Crippen LogP contribution is -2.09. The third kappa shape index (κ3) is 3.50. The second kappa shape index (κ2) is 6.10. The minimum Gasteiger partial charge on any atom is -0.366 e. The van der Waals surface area contributed by atoms with Gasteiger partial charge in [0, 0.05) is 20.7 Å². The number of nitriles is 1. The van der Waals surface area contributed by atoms with Gasteiger partial charge >= 0.3 is 0 Å². The summed E-state index contributed by atoms with van der Waals surface area (Å²) in [5.74, 6) is 0. The van der Waals surface area contributed by atoms with Gasteiger partial charge in [0.2, 0.25) is 0 Å².